The summed E-state index contributed by atoms with van der Waals surface area (Å²) in [6, 6.07) is 0. The molecule has 1 aliphatic rings. The van der Waals surface area contributed by atoms with Gasteiger partial charge in [-0.25, -0.2) is 0 Å². The van der Waals surface area contributed by atoms with Crippen molar-refractivity contribution in [3.8, 4) is 0 Å². The number of H-pyrrole nitrogens is 1. The third-order valence-electron chi connectivity index (χ3n) is 3.26. The summed E-state index contributed by atoms with van der Waals surface area (Å²) in [5.41, 5.74) is 4.27. The number of halogens is 3. The summed E-state index contributed by atoms with van der Waals surface area (Å²) in [5, 5.41) is 10.4. The van der Waals surface area contributed by atoms with Gasteiger partial charge in [0.15, 0.2) is 0 Å². The van der Waals surface area contributed by atoms with Crippen molar-refractivity contribution in [1.82, 2.24) is 10.3 Å². The van der Waals surface area contributed by atoms with Gasteiger partial charge in [0.2, 0.25) is 0 Å². The Bertz CT molecular complexity index is 446. The number of nitrogens with one attached hydrogen (secondary N) is 3. The van der Waals surface area contributed by atoms with Gasteiger partial charge < -0.3 is 16.0 Å². The van der Waals surface area contributed by atoms with E-state index in [1.54, 1.807) is 0 Å². The summed E-state index contributed by atoms with van der Waals surface area (Å²) in [7, 11) is 0. The molecule has 0 spiro atoms. The third kappa shape index (κ3) is 2.44. The van der Waals surface area contributed by atoms with Crippen LogP contribution in [0.15, 0.2) is 6.20 Å². The minimum absolute atomic E-state index is 0.131. The summed E-state index contributed by atoms with van der Waals surface area (Å²) < 4.78 is 38.1. The number of aromatic nitrogens is 1. The summed E-state index contributed by atoms with van der Waals surface area (Å²) in [4.78, 5) is 2.32. The number of amidine groups is 1. The van der Waals surface area contributed by atoms with Crippen LogP contribution in [-0.4, -0.2) is 17.4 Å². The van der Waals surface area contributed by atoms with Crippen molar-refractivity contribution in [2.75, 3.05) is 12.3 Å². The molecule has 1 aromatic rings. The molecule has 7 heteroatoms. The lowest BCUT2D eigenvalue weighted by Gasteiger charge is -2.26. The highest BCUT2D eigenvalue weighted by Gasteiger charge is 2.36. The molecule has 1 saturated carbocycles. The second-order valence-corrected chi connectivity index (χ2v) is 4.54. The molecule has 0 unspecified atom stereocenters. The molecule has 0 aliphatic heterocycles. The first kappa shape index (κ1) is 12.8. The van der Waals surface area contributed by atoms with E-state index in [9.17, 15) is 13.2 Å². The van der Waals surface area contributed by atoms with Crippen LogP contribution < -0.4 is 11.1 Å². The number of nitrogen functional groups attached to an aromatic ring is 1. The van der Waals surface area contributed by atoms with Gasteiger partial charge >= 0.3 is 6.18 Å². The van der Waals surface area contributed by atoms with Crippen molar-refractivity contribution >= 4 is 11.7 Å². The first-order chi connectivity index (χ1) is 8.39. The quantitative estimate of drug-likeness (QED) is 0.497. The standard InChI is InChI=1S/C11H15F3N4/c12-11(13,14)7-5-18-10(16)8(7)9(15)17-4-6-2-1-3-6/h5-6,18H,1-4,16H2,(H2,15,17). The van der Waals surface area contributed by atoms with Crippen LogP contribution in [0.2, 0.25) is 0 Å². The zero-order valence-corrected chi connectivity index (χ0v) is 9.69. The Kier molecular flexibility index (Phi) is 3.23. The Hall–Kier alpha value is -1.66. The fourth-order valence-corrected chi connectivity index (χ4v) is 1.96. The molecule has 5 N–H and O–H groups in total. The molecule has 0 aromatic carbocycles. The Morgan fingerprint density at radius 1 is 1.50 bits per heavy atom. The maximum atomic E-state index is 12.7. The molecule has 0 atom stereocenters. The van der Waals surface area contributed by atoms with Crippen molar-refractivity contribution in [3.05, 3.63) is 17.3 Å². The first-order valence-corrected chi connectivity index (χ1v) is 5.76. The van der Waals surface area contributed by atoms with Gasteiger partial charge in [-0.3, -0.25) is 5.41 Å². The zero-order valence-electron chi connectivity index (χ0n) is 9.69. The van der Waals surface area contributed by atoms with E-state index in [1.807, 2.05) is 0 Å². The van der Waals surface area contributed by atoms with Crippen LogP contribution in [0.4, 0.5) is 19.0 Å². The van der Waals surface area contributed by atoms with Gasteiger partial charge in [0.25, 0.3) is 0 Å². The number of nitrogens with two attached hydrogens (primary N) is 1. The van der Waals surface area contributed by atoms with Crippen LogP contribution in [0.5, 0.6) is 0 Å². The van der Waals surface area contributed by atoms with E-state index >= 15 is 0 Å². The summed E-state index contributed by atoms with van der Waals surface area (Å²) in [5.74, 6) is 0.0567. The van der Waals surface area contributed by atoms with E-state index in [2.05, 4.69) is 10.3 Å². The van der Waals surface area contributed by atoms with E-state index in [1.165, 1.54) is 0 Å². The molecule has 100 valence electrons. The number of anilines is 1. The largest absolute Gasteiger partial charge is 0.418 e. The predicted molar refractivity (Wildman–Crippen MR) is 62.4 cm³/mol. The molecule has 1 fully saturated rings. The van der Waals surface area contributed by atoms with E-state index < -0.39 is 11.7 Å². The highest BCUT2D eigenvalue weighted by Crippen LogP contribution is 2.34. The molecule has 0 radical (unpaired) electrons. The Morgan fingerprint density at radius 2 is 2.17 bits per heavy atom. The van der Waals surface area contributed by atoms with Gasteiger partial charge in [-0.15, -0.1) is 0 Å². The van der Waals surface area contributed by atoms with Crippen molar-refractivity contribution in [2.24, 2.45) is 5.92 Å². The van der Waals surface area contributed by atoms with Gasteiger partial charge in [0.05, 0.1) is 11.1 Å². The van der Waals surface area contributed by atoms with Gasteiger partial charge in [0.1, 0.15) is 11.7 Å². The number of rotatable bonds is 3. The summed E-state index contributed by atoms with van der Waals surface area (Å²) >= 11 is 0. The van der Waals surface area contributed by atoms with E-state index in [0.717, 1.165) is 25.5 Å². The number of hydrogen-bond acceptors (Lipinski definition) is 2. The van der Waals surface area contributed by atoms with Crippen LogP contribution in [-0.2, 0) is 6.18 Å². The average Bonchev–Trinajstić information content (AvgIpc) is 2.57. The van der Waals surface area contributed by atoms with E-state index in [0.29, 0.717) is 12.5 Å². The lowest BCUT2D eigenvalue weighted by atomic mass is 9.85. The third-order valence-corrected chi connectivity index (χ3v) is 3.26. The normalized spacial score (nSPS) is 16.4. The minimum atomic E-state index is -4.51. The number of hydrogen-bond donors (Lipinski definition) is 4. The Labute approximate surface area is 102 Å². The molecular weight excluding hydrogens is 245 g/mol. The smallest absolute Gasteiger partial charge is 0.385 e. The van der Waals surface area contributed by atoms with Gasteiger partial charge in [-0.1, -0.05) is 6.42 Å². The highest BCUT2D eigenvalue weighted by atomic mass is 19.4. The molecule has 1 heterocycles. The van der Waals surface area contributed by atoms with Crippen LogP contribution in [0, 0.1) is 11.3 Å². The van der Waals surface area contributed by atoms with Gasteiger partial charge in [0, 0.05) is 12.7 Å². The SMILES string of the molecule is N=C(NCC1CCC1)c1c(C(F)(F)F)c[nH]c1N. The molecule has 0 bridgehead atoms. The fraction of sp³-hybridized carbons (Fsp3) is 0.545. The van der Waals surface area contributed by atoms with Crippen LogP contribution in [0.25, 0.3) is 0 Å². The monoisotopic (exact) mass is 260 g/mol. The molecule has 4 nitrogen and oxygen atoms in total. The highest BCUT2D eigenvalue weighted by molar-refractivity contribution is 6.02. The second kappa shape index (κ2) is 4.55. The average molecular weight is 260 g/mol. The lowest BCUT2D eigenvalue weighted by Crippen LogP contribution is -2.33. The molecule has 0 saturated heterocycles. The van der Waals surface area contributed by atoms with E-state index in [4.69, 9.17) is 11.1 Å². The molecule has 0 amide bonds. The topological polar surface area (TPSA) is 77.7 Å². The maximum absolute atomic E-state index is 12.7. The Morgan fingerprint density at radius 3 is 2.67 bits per heavy atom. The number of alkyl halides is 3. The maximum Gasteiger partial charge on any atom is 0.418 e. The fourth-order valence-electron chi connectivity index (χ4n) is 1.96. The van der Waals surface area contributed by atoms with Crippen molar-refractivity contribution < 1.29 is 13.2 Å². The molecule has 1 aliphatic carbocycles. The molecule has 2 rings (SSSR count). The van der Waals surface area contributed by atoms with Crippen LogP contribution in [0.1, 0.15) is 30.4 Å². The molecule has 18 heavy (non-hydrogen) atoms. The number of aromatic amines is 1. The van der Waals surface area contributed by atoms with Crippen molar-refractivity contribution in [1.29, 1.82) is 5.41 Å². The zero-order chi connectivity index (χ0) is 13.3. The lowest BCUT2D eigenvalue weighted by molar-refractivity contribution is -0.137. The summed E-state index contributed by atoms with van der Waals surface area (Å²) in [6.45, 7) is 0.529. The van der Waals surface area contributed by atoms with Gasteiger partial charge in [-0.2, -0.15) is 13.2 Å². The first-order valence-electron chi connectivity index (χ1n) is 5.76. The van der Waals surface area contributed by atoms with Crippen molar-refractivity contribution in [3.63, 3.8) is 0 Å². The molecular formula is C11H15F3N4. The minimum Gasteiger partial charge on any atom is -0.385 e. The predicted octanol–water partition coefficient (Wildman–Crippen LogP) is 2.33. The van der Waals surface area contributed by atoms with Crippen LogP contribution >= 0.6 is 0 Å². The summed E-state index contributed by atoms with van der Waals surface area (Å²) in [6.07, 6.45) is -0.429. The van der Waals surface area contributed by atoms with Gasteiger partial charge in [-0.05, 0) is 18.8 Å². The second-order valence-electron chi connectivity index (χ2n) is 4.54. The Balaban J connectivity index is 2.10. The van der Waals surface area contributed by atoms with Crippen molar-refractivity contribution in [2.45, 2.75) is 25.4 Å². The van der Waals surface area contributed by atoms with Crippen LogP contribution in [0.3, 0.4) is 0 Å². The van der Waals surface area contributed by atoms with E-state index in [-0.39, 0.29) is 17.2 Å². The molecule has 1 aromatic heterocycles.